The van der Waals surface area contributed by atoms with Gasteiger partial charge in [0, 0.05) is 19.8 Å². The van der Waals surface area contributed by atoms with E-state index in [-0.39, 0.29) is 12.5 Å². The van der Waals surface area contributed by atoms with Crippen molar-refractivity contribution < 1.29 is 33.3 Å². The van der Waals surface area contributed by atoms with Crippen molar-refractivity contribution in [2.24, 2.45) is 5.92 Å². The van der Waals surface area contributed by atoms with Crippen molar-refractivity contribution in [3.63, 3.8) is 0 Å². The molecule has 130 valence electrons. The molecule has 1 aliphatic rings. The van der Waals surface area contributed by atoms with Crippen molar-refractivity contribution in [3.05, 3.63) is 35.9 Å². The van der Waals surface area contributed by atoms with Gasteiger partial charge in [0.25, 0.3) is 0 Å². The second kappa shape index (κ2) is 7.92. The molecule has 0 aromatic heterocycles. The summed E-state index contributed by atoms with van der Waals surface area (Å²) in [4.78, 5) is 34.4. The highest BCUT2D eigenvalue weighted by Gasteiger charge is 2.46. The first-order chi connectivity index (χ1) is 11.4. The fourth-order valence-electron chi connectivity index (χ4n) is 2.45. The van der Waals surface area contributed by atoms with Gasteiger partial charge in [-0.1, -0.05) is 25.1 Å². The van der Waals surface area contributed by atoms with E-state index in [1.54, 1.807) is 37.3 Å². The van der Waals surface area contributed by atoms with E-state index < -0.39 is 36.4 Å². The summed E-state index contributed by atoms with van der Waals surface area (Å²) in [5.41, 5.74) is 0.427. The van der Waals surface area contributed by atoms with E-state index in [4.69, 9.17) is 18.9 Å². The Morgan fingerprint density at radius 3 is 2.25 bits per heavy atom. The fourth-order valence-corrected chi connectivity index (χ4v) is 2.45. The van der Waals surface area contributed by atoms with Crippen LogP contribution < -0.4 is 0 Å². The molecule has 0 N–H and O–H groups in total. The third-order valence-corrected chi connectivity index (χ3v) is 3.65. The first kappa shape index (κ1) is 17.9. The molecule has 0 bridgehead atoms. The maximum atomic E-state index is 12.0. The van der Waals surface area contributed by atoms with Gasteiger partial charge in [0.2, 0.25) is 6.29 Å². The van der Waals surface area contributed by atoms with Crippen molar-refractivity contribution in [3.8, 4) is 0 Å². The van der Waals surface area contributed by atoms with Crippen molar-refractivity contribution in [2.45, 2.75) is 39.3 Å². The van der Waals surface area contributed by atoms with Gasteiger partial charge in [-0.15, -0.1) is 0 Å². The molecule has 1 aromatic carbocycles. The standard InChI is InChI=1S/C17H20O7/c1-10-14(9-21-16(20)13-7-5-4-6-8-13)24-17(23-12(3)19)15(10)22-11(2)18/h4-8,10,14-15,17H,9H2,1-3H3. The van der Waals surface area contributed by atoms with E-state index in [1.165, 1.54) is 13.8 Å². The molecule has 0 saturated carbocycles. The Bertz CT molecular complexity index is 598. The smallest absolute Gasteiger partial charge is 0.338 e. The van der Waals surface area contributed by atoms with E-state index in [9.17, 15) is 14.4 Å². The Kier molecular flexibility index (Phi) is 5.92. The molecule has 1 saturated heterocycles. The lowest BCUT2D eigenvalue weighted by molar-refractivity contribution is -0.195. The largest absolute Gasteiger partial charge is 0.459 e. The van der Waals surface area contributed by atoms with Crippen molar-refractivity contribution in [1.82, 2.24) is 0 Å². The van der Waals surface area contributed by atoms with Gasteiger partial charge in [0.15, 0.2) is 6.10 Å². The summed E-state index contributed by atoms with van der Waals surface area (Å²) in [5, 5.41) is 0. The highest BCUT2D eigenvalue weighted by atomic mass is 16.7. The van der Waals surface area contributed by atoms with E-state index >= 15 is 0 Å². The molecule has 1 aliphatic heterocycles. The number of carbonyl (C=O) groups is 3. The molecular formula is C17H20O7. The van der Waals surface area contributed by atoms with Crippen LogP contribution in [0.2, 0.25) is 0 Å². The predicted octanol–water partition coefficient (Wildman–Crippen LogP) is 1.70. The Morgan fingerprint density at radius 2 is 1.67 bits per heavy atom. The zero-order valence-electron chi connectivity index (χ0n) is 13.8. The van der Waals surface area contributed by atoms with Gasteiger partial charge < -0.3 is 18.9 Å². The number of hydrogen-bond donors (Lipinski definition) is 0. The number of hydrogen-bond acceptors (Lipinski definition) is 7. The molecule has 1 heterocycles. The van der Waals surface area contributed by atoms with E-state index in [0.717, 1.165) is 0 Å². The van der Waals surface area contributed by atoms with Crippen LogP contribution in [0.15, 0.2) is 30.3 Å². The summed E-state index contributed by atoms with van der Waals surface area (Å²) in [6.07, 6.45) is -2.31. The maximum Gasteiger partial charge on any atom is 0.338 e. The van der Waals surface area contributed by atoms with E-state index in [0.29, 0.717) is 5.56 Å². The quantitative estimate of drug-likeness (QED) is 0.597. The van der Waals surface area contributed by atoms with Crippen molar-refractivity contribution in [2.75, 3.05) is 6.61 Å². The summed E-state index contributed by atoms with van der Waals surface area (Å²) >= 11 is 0. The molecule has 0 spiro atoms. The van der Waals surface area contributed by atoms with Crippen LogP contribution in [0.1, 0.15) is 31.1 Å². The predicted molar refractivity (Wildman–Crippen MR) is 81.9 cm³/mol. The zero-order chi connectivity index (χ0) is 17.7. The first-order valence-electron chi connectivity index (χ1n) is 7.60. The molecular weight excluding hydrogens is 316 g/mol. The van der Waals surface area contributed by atoms with Gasteiger partial charge >= 0.3 is 17.9 Å². The van der Waals surface area contributed by atoms with Crippen LogP contribution in [0.3, 0.4) is 0 Å². The molecule has 2 rings (SSSR count). The third-order valence-electron chi connectivity index (χ3n) is 3.65. The van der Waals surface area contributed by atoms with Crippen LogP contribution in [-0.4, -0.2) is 43.0 Å². The fraction of sp³-hybridized carbons (Fsp3) is 0.471. The van der Waals surface area contributed by atoms with Gasteiger partial charge in [-0.2, -0.15) is 0 Å². The molecule has 4 atom stereocenters. The number of ether oxygens (including phenoxy) is 4. The van der Waals surface area contributed by atoms with Gasteiger partial charge in [-0.25, -0.2) is 4.79 Å². The van der Waals surface area contributed by atoms with Crippen LogP contribution in [0.4, 0.5) is 0 Å². The second-order valence-electron chi connectivity index (χ2n) is 5.55. The number of esters is 3. The minimum atomic E-state index is -1.01. The topological polar surface area (TPSA) is 88.1 Å². The number of rotatable bonds is 5. The van der Waals surface area contributed by atoms with E-state index in [2.05, 4.69) is 0 Å². The van der Waals surface area contributed by atoms with Gasteiger partial charge in [-0.05, 0) is 12.1 Å². The van der Waals surface area contributed by atoms with Gasteiger partial charge in [-0.3, -0.25) is 9.59 Å². The Morgan fingerprint density at radius 1 is 1.04 bits per heavy atom. The SMILES string of the molecule is CC(=O)OC1OC(COC(=O)c2ccccc2)C(C)C1OC(C)=O. The Hall–Kier alpha value is -2.41. The molecule has 24 heavy (non-hydrogen) atoms. The summed E-state index contributed by atoms with van der Waals surface area (Å²) in [6.45, 7) is 4.24. The van der Waals surface area contributed by atoms with Crippen molar-refractivity contribution in [1.29, 1.82) is 0 Å². The summed E-state index contributed by atoms with van der Waals surface area (Å²) in [6, 6.07) is 8.55. The summed E-state index contributed by atoms with van der Waals surface area (Å²) in [5.74, 6) is -1.84. The lowest BCUT2D eigenvalue weighted by atomic mass is 10.0. The van der Waals surface area contributed by atoms with Crippen LogP contribution in [0.25, 0.3) is 0 Å². The summed E-state index contributed by atoms with van der Waals surface area (Å²) < 4.78 is 21.0. The molecule has 4 unspecified atom stereocenters. The average molecular weight is 336 g/mol. The highest BCUT2D eigenvalue weighted by molar-refractivity contribution is 5.89. The Labute approximate surface area is 139 Å². The maximum absolute atomic E-state index is 12.0. The second-order valence-corrected chi connectivity index (χ2v) is 5.55. The van der Waals surface area contributed by atoms with Gasteiger partial charge in [0.1, 0.15) is 12.7 Å². The molecule has 7 nitrogen and oxygen atoms in total. The van der Waals surface area contributed by atoms with Gasteiger partial charge in [0.05, 0.1) is 5.56 Å². The molecule has 1 fully saturated rings. The lowest BCUT2D eigenvalue weighted by Gasteiger charge is -2.20. The number of benzene rings is 1. The molecule has 0 radical (unpaired) electrons. The normalized spacial score (nSPS) is 25.8. The minimum Gasteiger partial charge on any atom is -0.459 e. The lowest BCUT2D eigenvalue weighted by Crippen LogP contribution is -2.34. The van der Waals surface area contributed by atoms with Crippen molar-refractivity contribution >= 4 is 17.9 Å². The third kappa shape index (κ3) is 4.55. The average Bonchev–Trinajstić information content (AvgIpc) is 2.81. The van der Waals surface area contributed by atoms with E-state index in [1.807, 2.05) is 0 Å². The Balaban J connectivity index is 1.98. The zero-order valence-corrected chi connectivity index (χ0v) is 13.8. The van der Waals surface area contributed by atoms with Crippen LogP contribution in [0.5, 0.6) is 0 Å². The monoisotopic (exact) mass is 336 g/mol. The first-order valence-corrected chi connectivity index (χ1v) is 7.60. The minimum absolute atomic E-state index is 0.0373. The highest BCUT2D eigenvalue weighted by Crippen LogP contribution is 2.30. The molecule has 0 amide bonds. The molecule has 7 heteroatoms. The molecule has 1 aromatic rings. The van der Waals surface area contributed by atoms with Crippen LogP contribution in [-0.2, 0) is 28.5 Å². The number of carbonyl (C=O) groups excluding carboxylic acids is 3. The van der Waals surface area contributed by atoms with Crippen LogP contribution in [0, 0.1) is 5.92 Å². The molecule has 0 aliphatic carbocycles. The van der Waals surface area contributed by atoms with Crippen LogP contribution >= 0.6 is 0 Å². The summed E-state index contributed by atoms with van der Waals surface area (Å²) in [7, 11) is 0.